The number of unbranched alkanes of at least 4 members (excludes halogenated alkanes) is 1. The van der Waals surface area contributed by atoms with E-state index in [-0.39, 0.29) is 29.4 Å². The minimum absolute atomic E-state index is 0.0392. The second-order valence-electron chi connectivity index (χ2n) is 11.6. The van der Waals surface area contributed by atoms with Crippen molar-refractivity contribution in [3.05, 3.63) is 16.4 Å². The number of ether oxygens (including phenoxy) is 1. The molecule has 7 heteroatoms. The Bertz CT molecular complexity index is 918. The fourth-order valence-corrected chi connectivity index (χ4v) is 6.07. The molecule has 3 rings (SSSR count). The highest BCUT2D eigenvalue weighted by atomic mass is 32.1. The van der Waals surface area contributed by atoms with Crippen LogP contribution in [0.5, 0.6) is 0 Å². The van der Waals surface area contributed by atoms with Gasteiger partial charge in [0.1, 0.15) is 4.67 Å². The van der Waals surface area contributed by atoms with E-state index >= 15 is 0 Å². The van der Waals surface area contributed by atoms with Gasteiger partial charge in [-0.1, -0.05) is 34.1 Å². The maximum atomic E-state index is 13.7. The maximum absolute atomic E-state index is 13.7. The summed E-state index contributed by atoms with van der Waals surface area (Å²) >= 11 is 1.57. The molecule has 0 aromatic carbocycles. The van der Waals surface area contributed by atoms with Crippen LogP contribution in [0, 0.1) is 16.7 Å². The second kappa shape index (κ2) is 10.0. The molecule has 0 unspecified atom stereocenters. The number of carbonyl (C=O) groups excluding carboxylic acids is 2. The normalized spacial score (nSPS) is 27.8. The molecule has 33 heavy (non-hydrogen) atoms. The highest BCUT2D eigenvalue weighted by Crippen LogP contribution is 2.56. The number of rotatable bonds is 7. The van der Waals surface area contributed by atoms with Crippen LogP contribution in [0.25, 0.3) is 0 Å². The number of aryl methyl sites for hydroxylation is 1. The quantitative estimate of drug-likeness (QED) is 0.612. The van der Waals surface area contributed by atoms with E-state index in [1.807, 2.05) is 6.92 Å². The first-order valence-corrected chi connectivity index (χ1v) is 13.4. The van der Waals surface area contributed by atoms with E-state index in [2.05, 4.69) is 57.0 Å². The molecule has 2 heterocycles. The van der Waals surface area contributed by atoms with Crippen molar-refractivity contribution in [3.63, 3.8) is 0 Å². The number of aromatic nitrogens is 1. The molecule has 0 radical (unpaired) electrons. The Labute approximate surface area is 203 Å². The summed E-state index contributed by atoms with van der Waals surface area (Å²) in [7, 11) is 0. The average molecular weight is 478 g/mol. The van der Waals surface area contributed by atoms with Crippen LogP contribution < -0.4 is 9.99 Å². The van der Waals surface area contributed by atoms with Crippen molar-refractivity contribution in [1.29, 1.82) is 0 Å². The highest BCUT2D eigenvalue weighted by molar-refractivity contribution is 7.04. The summed E-state index contributed by atoms with van der Waals surface area (Å²) in [4.78, 5) is 31.4. The highest BCUT2D eigenvalue weighted by Gasteiger charge is 2.58. The topological polar surface area (TPSA) is 72.7 Å². The Kier molecular flexibility index (Phi) is 7.94. The van der Waals surface area contributed by atoms with Gasteiger partial charge in [0.15, 0.2) is 0 Å². The van der Waals surface area contributed by atoms with Crippen LogP contribution in [0.1, 0.15) is 92.6 Å². The molecule has 2 aliphatic rings. The fourth-order valence-electron chi connectivity index (χ4n) is 5.04. The Hall–Kier alpha value is -1.47. The third kappa shape index (κ3) is 5.45. The summed E-state index contributed by atoms with van der Waals surface area (Å²) < 4.78 is 8.67. The molecule has 3 atom stereocenters. The smallest absolute Gasteiger partial charge is 0.253 e. The largest absolute Gasteiger partial charge is 0.376 e. The molecule has 2 fully saturated rings. The van der Waals surface area contributed by atoms with Crippen LogP contribution in [0.4, 0.5) is 0 Å². The van der Waals surface area contributed by atoms with E-state index in [4.69, 9.17) is 9.73 Å². The molecule has 1 aromatic heterocycles. The van der Waals surface area contributed by atoms with Crippen molar-refractivity contribution >= 4 is 23.3 Å². The zero-order valence-electron chi connectivity index (χ0n) is 21.6. The third-order valence-electron chi connectivity index (χ3n) is 7.94. The standard InChI is InChI=1S/C26H43N3O3S/c1-8-9-11-18-17-29(24(2,3)4)33-22(18)28-23(31)26(7)14-13-20(25(26,5)6)21(30)27-16-19-12-10-15-32-19/h17,19-20H,8-16H2,1-7H3,(H,27,30)/b28-22-/t19-,20+,26-/m0/s1. The molecule has 6 nitrogen and oxygen atoms in total. The van der Waals surface area contributed by atoms with Gasteiger partial charge in [-0.05, 0) is 76.2 Å². The Balaban J connectivity index is 1.82. The van der Waals surface area contributed by atoms with E-state index < -0.39 is 10.8 Å². The number of amides is 2. The Morgan fingerprint density at radius 2 is 2.00 bits per heavy atom. The number of carbonyl (C=O) groups is 2. The lowest BCUT2D eigenvalue weighted by Gasteiger charge is -2.38. The maximum Gasteiger partial charge on any atom is 0.253 e. The summed E-state index contributed by atoms with van der Waals surface area (Å²) in [5.41, 5.74) is -0.0482. The number of nitrogens with zero attached hydrogens (tertiary/aromatic N) is 2. The molecule has 2 amide bonds. The van der Waals surface area contributed by atoms with E-state index in [9.17, 15) is 9.59 Å². The molecule has 0 spiro atoms. The van der Waals surface area contributed by atoms with Crippen LogP contribution >= 0.6 is 11.5 Å². The van der Waals surface area contributed by atoms with Crippen LogP contribution in [-0.4, -0.2) is 35.0 Å². The molecular formula is C26H43N3O3S. The van der Waals surface area contributed by atoms with Gasteiger partial charge >= 0.3 is 0 Å². The number of hydrogen-bond donors (Lipinski definition) is 1. The predicted molar refractivity (Wildman–Crippen MR) is 133 cm³/mol. The van der Waals surface area contributed by atoms with Gasteiger partial charge < -0.3 is 10.1 Å². The summed E-state index contributed by atoms with van der Waals surface area (Å²) in [6.07, 6.45) is 8.83. The molecule has 1 aliphatic heterocycles. The minimum atomic E-state index is -0.669. The van der Waals surface area contributed by atoms with E-state index in [1.165, 1.54) is 0 Å². The summed E-state index contributed by atoms with van der Waals surface area (Å²) in [6.45, 7) is 16.1. The lowest BCUT2D eigenvalue weighted by atomic mass is 9.65. The monoisotopic (exact) mass is 477 g/mol. The second-order valence-corrected chi connectivity index (χ2v) is 12.6. The van der Waals surface area contributed by atoms with Crippen LogP contribution in [0.15, 0.2) is 11.2 Å². The molecule has 1 saturated carbocycles. The average Bonchev–Trinajstić information content (AvgIpc) is 3.44. The van der Waals surface area contributed by atoms with E-state index in [0.717, 1.165) is 48.9 Å². The lowest BCUT2D eigenvalue weighted by molar-refractivity contribution is -0.136. The molecule has 1 saturated heterocycles. The fraction of sp³-hybridized carbons (Fsp3) is 0.808. The molecular weight excluding hydrogens is 434 g/mol. The first-order valence-electron chi connectivity index (χ1n) is 12.6. The van der Waals surface area contributed by atoms with Gasteiger partial charge in [0, 0.05) is 36.4 Å². The predicted octanol–water partition coefficient (Wildman–Crippen LogP) is 4.81. The zero-order chi connectivity index (χ0) is 24.4. The summed E-state index contributed by atoms with van der Waals surface area (Å²) in [5.74, 6) is -0.259. The molecule has 1 N–H and O–H groups in total. The van der Waals surface area contributed by atoms with Crippen molar-refractivity contribution in [1.82, 2.24) is 9.27 Å². The Morgan fingerprint density at radius 3 is 2.61 bits per heavy atom. The van der Waals surface area contributed by atoms with Gasteiger partial charge in [-0.2, -0.15) is 0 Å². The van der Waals surface area contributed by atoms with Gasteiger partial charge in [-0.3, -0.25) is 13.5 Å². The van der Waals surface area contributed by atoms with Gasteiger partial charge in [-0.25, -0.2) is 4.99 Å². The van der Waals surface area contributed by atoms with Crippen LogP contribution in [0.2, 0.25) is 0 Å². The molecule has 1 aliphatic carbocycles. The van der Waals surface area contributed by atoms with Gasteiger partial charge in [-0.15, -0.1) is 0 Å². The first-order chi connectivity index (χ1) is 15.4. The van der Waals surface area contributed by atoms with Gasteiger partial charge in [0.25, 0.3) is 5.91 Å². The number of hydrogen-bond acceptors (Lipinski definition) is 4. The summed E-state index contributed by atoms with van der Waals surface area (Å²) in [5, 5.41) is 3.09. The van der Waals surface area contributed by atoms with Crippen molar-refractivity contribution in [2.45, 2.75) is 105 Å². The molecule has 0 bridgehead atoms. The molecule has 186 valence electrons. The molecule has 1 aromatic rings. The first kappa shape index (κ1) is 26.1. The Morgan fingerprint density at radius 1 is 1.27 bits per heavy atom. The van der Waals surface area contributed by atoms with Crippen molar-refractivity contribution in [2.24, 2.45) is 21.7 Å². The lowest BCUT2D eigenvalue weighted by Crippen LogP contribution is -2.46. The van der Waals surface area contributed by atoms with Crippen LogP contribution in [-0.2, 0) is 26.3 Å². The van der Waals surface area contributed by atoms with Crippen molar-refractivity contribution < 1.29 is 14.3 Å². The zero-order valence-corrected chi connectivity index (χ0v) is 22.4. The third-order valence-corrected chi connectivity index (χ3v) is 9.32. The van der Waals surface area contributed by atoms with Crippen LogP contribution in [0.3, 0.4) is 0 Å². The van der Waals surface area contributed by atoms with Crippen molar-refractivity contribution in [3.8, 4) is 0 Å². The number of nitrogens with one attached hydrogen (secondary N) is 1. The minimum Gasteiger partial charge on any atom is -0.376 e. The van der Waals surface area contributed by atoms with E-state index in [0.29, 0.717) is 19.4 Å². The SMILES string of the molecule is CCCCc1cn(C(C)(C)C)s/c1=N\C(=O)[C@]1(C)CC[C@H](C(=O)NC[C@@H]2CCCO2)C1(C)C. The van der Waals surface area contributed by atoms with Gasteiger partial charge in [0.05, 0.1) is 11.5 Å². The van der Waals surface area contributed by atoms with Crippen molar-refractivity contribution in [2.75, 3.05) is 13.2 Å². The van der Waals surface area contributed by atoms with E-state index in [1.54, 1.807) is 11.5 Å². The summed E-state index contributed by atoms with van der Waals surface area (Å²) in [6, 6.07) is 0. The van der Waals surface area contributed by atoms with Gasteiger partial charge in [0.2, 0.25) is 5.91 Å².